The Morgan fingerprint density at radius 2 is 1.44 bits per heavy atom. The van der Waals surface area contributed by atoms with Gasteiger partial charge in [0.25, 0.3) is 0 Å². The van der Waals surface area contributed by atoms with Gasteiger partial charge in [0.2, 0.25) is 0 Å². The molecular weight excluding hydrogens is 236 g/mol. The smallest absolute Gasteiger partial charge is 0.119 e. The Kier molecular flexibility index (Phi) is 2.80. The second-order valence-corrected chi connectivity index (χ2v) is 5.45. The van der Waals surface area contributed by atoms with Gasteiger partial charge in [-0.15, -0.1) is 0 Å². The molecule has 0 spiro atoms. The Hall–Kier alpha value is -1.80. The lowest BCUT2D eigenvalue weighted by molar-refractivity contribution is 0.415. The number of methoxy groups -OCH3 is 1. The molecule has 0 unspecified atom stereocenters. The Balaban J connectivity index is 2.28. The van der Waals surface area contributed by atoms with Gasteiger partial charge in [0.15, 0.2) is 0 Å². The van der Waals surface area contributed by atoms with Gasteiger partial charge in [0, 0.05) is 0 Å². The first kappa shape index (κ1) is 11.3. The molecular formula is C16H14OSi. The van der Waals surface area contributed by atoms with Crippen molar-refractivity contribution in [3.05, 3.63) is 48.5 Å². The second-order valence-electron chi connectivity index (χ2n) is 4.38. The van der Waals surface area contributed by atoms with E-state index in [0.29, 0.717) is 0 Å². The lowest BCUT2D eigenvalue weighted by Gasteiger charge is -2.06. The number of benzene rings is 3. The van der Waals surface area contributed by atoms with Crippen LogP contribution in [0.2, 0.25) is 6.55 Å². The summed E-state index contributed by atoms with van der Waals surface area (Å²) in [6.07, 6.45) is 0. The molecule has 3 aromatic carbocycles. The van der Waals surface area contributed by atoms with Crippen LogP contribution in [0, 0.1) is 0 Å². The third kappa shape index (κ3) is 1.89. The first-order valence-electron chi connectivity index (χ1n) is 5.99. The zero-order valence-electron chi connectivity index (χ0n) is 10.5. The molecule has 0 aliphatic heterocycles. The van der Waals surface area contributed by atoms with Crippen LogP contribution in [0.3, 0.4) is 0 Å². The molecule has 0 N–H and O–H groups in total. The zero-order valence-corrected chi connectivity index (χ0v) is 11.5. The van der Waals surface area contributed by atoms with Crippen molar-refractivity contribution >= 4 is 36.3 Å². The number of ether oxygens (including phenoxy) is 1. The van der Waals surface area contributed by atoms with Crippen LogP contribution < -0.4 is 9.92 Å². The van der Waals surface area contributed by atoms with Gasteiger partial charge in [-0.05, 0) is 45.8 Å². The maximum Gasteiger partial charge on any atom is 0.119 e. The third-order valence-electron chi connectivity index (χ3n) is 3.29. The average Bonchev–Trinajstić information content (AvgIpc) is 2.43. The van der Waals surface area contributed by atoms with E-state index in [2.05, 4.69) is 49.0 Å². The largest absolute Gasteiger partial charge is 0.497 e. The molecule has 1 nitrogen and oxygen atoms in total. The second kappa shape index (κ2) is 4.46. The van der Waals surface area contributed by atoms with Crippen molar-refractivity contribution in [2.75, 3.05) is 7.11 Å². The monoisotopic (exact) mass is 250 g/mol. The third-order valence-corrected chi connectivity index (χ3v) is 4.18. The molecule has 3 aromatic rings. The van der Waals surface area contributed by atoms with Crippen molar-refractivity contribution < 1.29 is 4.74 Å². The highest BCUT2D eigenvalue weighted by Crippen LogP contribution is 2.25. The topological polar surface area (TPSA) is 9.23 Å². The van der Waals surface area contributed by atoms with E-state index >= 15 is 0 Å². The molecule has 88 valence electrons. The maximum absolute atomic E-state index is 5.27. The number of hydrogen-bond acceptors (Lipinski definition) is 1. The van der Waals surface area contributed by atoms with Gasteiger partial charge in [-0.25, -0.2) is 0 Å². The minimum Gasteiger partial charge on any atom is -0.497 e. The van der Waals surface area contributed by atoms with Crippen LogP contribution in [0.1, 0.15) is 0 Å². The van der Waals surface area contributed by atoms with E-state index < -0.39 is 0 Å². The van der Waals surface area contributed by atoms with E-state index in [1.165, 1.54) is 26.7 Å². The molecule has 0 heterocycles. The van der Waals surface area contributed by atoms with Gasteiger partial charge in [0.05, 0.1) is 16.6 Å². The van der Waals surface area contributed by atoms with Crippen molar-refractivity contribution in [3.8, 4) is 5.75 Å². The summed E-state index contributed by atoms with van der Waals surface area (Å²) in [5.41, 5.74) is 0. The molecule has 0 bridgehead atoms. The van der Waals surface area contributed by atoms with Crippen LogP contribution in [-0.2, 0) is 0 Å². The van der Waals surface area contributed by atoms with E-state index in [0.717, 1.165) is 15.3 Å². The lowest BCUT2D eigenvalue weighted by Crippen LogP contribution is -2.08. The predicted octanol–water partition coefficient (Wildman–Crippen LogP) is 3.38. The average molecular weight is 250 g/mol. The van der Waals surface area contributed by atoms with Gasteiger partial charge in [-0.1, -0.05) is 36.0 Å². The highest BCUT2D eigenvalue weighted by molar-refractivity contribution is 6.52. The van der Waals surface area contributed by atoms with Crippen LogP contribution >= 0.6 is 0 Å². The standard InChI is InChI=1S/C16H14OSi/c1-17-15-5-3-11-8-14-10-16(18-2)6-4-12(14)7-13(11)9-15/h3-10H,1-2H3. The minimum absolute atomic E-state index is 0.848. The summed E-state index contributed by atoms with van der Waals surface area (Å²) in [5, 5.41) is 6.51. The molecule has 2 radical (unpaired) electrons. The molecule has 0 saturated carbocycles. The maximum atomic E-state index is 5.27. The van der Waals surface area contributed by atoms with Crippen molar-refractivity contribution in [2.24, 2.45) is 0 Å². The zero-order chi connectivity index (χ0) is 12.5. The summed E-state index contributed by atoms with van der Waals surface area (Å²) in [4.78, 5) is 0. The van der Waals surface area contributed by atoms with E-state index in [9.17, 15) is 0 Å². The fourth-order valence-electron chi connectivity index (χ4n) is 2.26. The molecule has 2 heteroatoms. The molecule has 0 aliphatic carbocycles. The first-order chi connectivity index (χ1) is 8.80. The Bertz CT molecular complexity index is 655. The molecule has 0 amide bonds. The summed E-state index contributed by atoms with van der Waals surface area (Å²) in [7, 11) is 2.55. The Labute approximate surface area is 109 Å². The minimum atomic E-state index is 0.848. The van der Waals surface area contributed by atoms with Crippen LogP contribution in [0.25, 0.3) is 21.5 Å². The molecule has 0 aromatic heterocycles. The quantitative estimate of drug-likeness (QED) is 0.500. The summed E-state index contributed by atoms with van der Waals surface area (Å²) in [6, 6.07) is 17.4. The van der Waals surface area contributed by atoms with Crippen molar-refractivity contribution in [1.29, 1.82) is 0 Å². The van der Waals surface area contributed by atoms with Crippen molar-refractivity contribution in [1.82, 2.24) is 0 Å². The number of rotatable bonds is 2. The fraction of sp³-hybridized carbons (Fsp3) is 0.125. The van der Waals surface area contributed by atoms with E-state index in [1.54, 1.807) is 7.11 Å². The fourth-order valence-corrected chi connectivity index (χ4v) is 2.81. The normalized spacial score (nSPS) is 11.0. The summed E-state index contributed by atoms with van der Waals surface area (Å²) < 4.78 is 5.27. The molecule has 0 atom stereocenters. The number of fused-ring (bicyclic) bond motifs is 2. The van der Waals surface area contributed by atoms with Crippen LogP contribution in [0.5, 0.6) is 5.75 Å². The van der Waals surface area contributed by atoms with E-state index in [-0.39, 0.29) is 0 Å². The highest BCUT2D eigenvalue weighted by atomic mass is 28.2. The number of hydrogen-bond donors (Lipinski definition) is 0. The Morgan fingerprint density at radius 3 is 2.11 bits per heavy atom. The van der Waals surface area contributed by atoms with Gasteiger partial charge < -0.3 is 4.74 Å². The van der Waals surface area contributed by atoms with Crippen LogP contribution in [0.4, 0.5) is 0 Å². The van der Waals surface area contributed by atoms with Crippen molar-refractivity contribution in [3.63, 3.8) is 0 Å². The molecule has 0 aliphatic rings. The summed E-state index contributed by atoms with van der Waals surface area (Å²) in [6.45, 7) is 2.22. The highest BCUT2D eigenvalue weighted by Gasteiger charge is 2.01. The molecule has 0 fully saturated rings. The lowest BCUT2D eigenvalue weighted by atomic mass is 10.0. The van der Waals surface area contributed by atoms with Gasteiger partial charge in [-0.3, -0.25) is 0 Å². The Morgan fingerprint density at radius 1 is 0.778 bits per heavy atom. The van der Waals surface area contributed by atoms with Crippen LogP contribution in [0.15, 0.2) is 48.5 Å². The van der Waals surface area contributed by atoms with E-state index in [1.807, 2.05) is 6.07 Å². The molecule has 3 rings (SSSR count). The molecule has 18 heavy (non-hydrogen) atoms. The van der Waals surface area contributed by atoms with Gasteiger partial charge in [0.1, 0.15) is 5.75 Å². The summed E-state index contributed by atoms with van der Waals surface area (Å²) >= 11 is 0. The van der Waals surface area contributed by atoms with Gasteiger partial charge >= 0.3 is 0 Å². The molecule has 0 saturated heterocycles. The van der Waals surface area contributed by atoms with Gasteiger partial charge in [-0.2, -0.15) is 0 Å². The first-order valence-corrected chi connectivity index (χ1v) is 7.49. The SMILES string of the molecule is COc1ccc2cc3cc([Si]C)ccc3cc2c1. The van der Waals surface area contributed by atoms with Crippen molar-refractivity contribution in [2.45, 2.75) is 6.55 Å². The van der Waals surface area contributed by atoms with E-state index in [4.69, 9.17) is 4.74 Å². The van der Waals surface area contributed by atoms with Crippen LogP contribution in [-0.4, -0.2) is 16.6 Å². The summed E-state index contributed by atoms with van der Waals surface area (Å²) in [5.74, 6) is 0.911. The predicted molar refractivity (Wildman–Crippen MR) is 79.3 cm³/mol.